The van der Waals surface area contributed by atoms with Gasteiger partial charge in [0.2, 0.25) is 0 Å². The molecule has 0 aliphatic carbocycles. The Kier molecular flexibility index (Phi) is 5.56. The summed E-state index contributed by atoms with van der Waals surface area (Å²) in [4.78, 5) is 21.9. The number of carbonyl (C=O) groups is 2. The summed E-state index contributed by atoms with van der Waals surface area (Å²) in [6, 6.07) is -0.470. The van der Waals surface area contributed by atoms with Crippen LogP contribution in [0.5, 0.6) is 0 Å². The minimum absolute atomic E-state index is 0.107. The number of carbonyl (C=O) groups excluding carboxylic acids is 1. The number of amides is 1. The summed E-state index contributed by atoms with van der Waals surface area (Å²) in [5, 5.41) is 11.3. The largest absolute Gasteiger partial charge is 0.481 e. The molecule has 0 aliphatic heterocycles. The first-order chi connectivity index (χ1) is 7.27. The zero-order chi connectivity index (χ0) is 12.8. The van der Waals surface area contributed by atoms with E-state index in [1.807, 2.05) is 20.8 Å². The second-order valence-electron chi connectivity index (χ2n) is 4.55. The summed E-state index contributed by atoms with van der Waals surface area (Å²) in [5.74, 6) is -0.955. The molecule has 0 radical (unpaired) electrons. The van der Waals surface area contributed by atoms with Crippen LogP contribution in [-0.2, 0) is 9.53 Å². The van der Waals surface area contributed by atoms with Crippen molar-refractivity contribution < 1.29 is 19.4 Å². The molecule has 5 nitrogen and oxygen atoms in total. The van der Waals surface area contributed by atoms with Crippen LogP contribution >= 0.6 is 0 Å². The molecule has 0 unspecified atom stereocenters. The van der Waals surface area contributed by atoms with Crippen molar-refractivity contribution in [3.63, 3.8) is 0 Å². The van der Waals surface area contributed by atoms with Gasteiger partial charge in [-0.2, -0.15) is 0 Å². The smallest absolute Gasteiger partial charge is 0.407 e. The average Bonchev–Trinajstić information content (AvgIpc) is 2.11. The third-order valence-electron chi connectivity index (χ3n) is 2.05. The van der Waals surface area contributed by atoms with Crippen molar-refractivity contribution in [1.82, 2.24) is 5.32 Å². The Morgan fingerprint density at radius 2 is 2.06 bits per heavy atom. The van der Waals surface area contributed by atoms with E-state index in [-0.39, 0.29) is 18.4 Å². The van der Waals surface area contributed by atoms with Crippen molar-refractivity contribution in [1.29, 1.82) is 0 Å². The number of nitrogens with one attached hydrogen (secondary N) is 1. The fraction of sp³-hybridized carbons (Fsp3) is 0.636. The highest BCUT2D eigenvalue weighted by Crippen LogP contribution is 2.21. The summed E-state index contributed by atoms with van der Waals surface area (Å²) in [6.45, 7) is 9.08. The average molecular weight is 229 g/mol. The predicted molar refractivity (Wildman–Crippen MR) is 60.2 cm³/mol. The molecule has 1 atom stereocenters. The van der Waals surface area contributed by atoms with E-state index in [0.717, 1.165) is 0 Å². The predicted octanol–water partition coefficient (Wildman–Crippen LogP) is 1.79. The molecule has 0 rings (SSSR count). The second kappa shape index (κ2) is 6.15. The maximum absolute atomic E-state index is 11.3. The fourth-order valence-electron chi connectivity index (χ4n) is 1.07. The van der Waals surface area contributed by atoms with E-state index < -0.39 is 18.1 Å². The molecule has 0 aromatic carbocycles. The third kappa shape index (κ3) is 6.06. The molecule has 2 N–H and O–H groups in total. The first-order valence-electron chi connectivity index (χ1n) is 5.03. The molecule has 92 valence electrons. The Morgan fingerprint density at radius 3 is 2.44 bits per heavy atom. The molecular formula is C11H19NO4. The zero-order valence-corrected chi connectivity index (χ0v) is 9.95. The molecular weight excluding hydrogens is 210 g/mol. The lowest BCUT2D eigenvalue weighted by Crippen LogP contribution is -2.45. The fourth-order valence-corrected chi connectivity index (χ4v) is 1.07. The van der Waals surface area contributed by atoms with Crippen LogP contribution in [0, 0.1) is 5.41 Å². The van der Waals surface area contributed by atoms with Crippen LogP contribution in [0.25, 0.3) is 0 Å². The molecule has 0 aromatic rings. The quantitative estimate of drug-likeness (QED) is 0.705. The lowest BCUT2D eigenvalue weighted by Gasteiger charge is -2.29. The number of carboxylic acids is 1. The Balaban J connectivity index is 4.37. The van der Waals surface area contributed by atoms with Gasteiger partial charge < -0.3 is 15.2 Å². The minimum atomic E-state index is -0.955. The molecule has 0 bridgehead atoms. The van der Waals surface area contributed by atoms with E-state index in [4.69, 9.17) is 9.84 Å². The Morgan fingerprint density at radius 1 is 1.50 bits per heavy atom. The Labute approximate surface area is 95.5 Å². The Bertz CT molecular complexity index is 268. The molecule has 0 heterocycles. The summed E-state index contributed by atoms with van der Waals surface area (Å²) in [5.41, 5.74) is -0.342. The number of alkyl carbamates (subject to hydrolysis) is 1. The normalized spacial score (nSPS) is 12.7. The van der Waals surface area contributed by atoms with Crippen molar-refractivity contribution in [3.8, 4) is 0 Å². The van der Waals surface area contributed by atoms with Crippen LogP contribution in [-0.4, -0.2) is 29.8 Å². The van der Waals surface area contributed by atoms with Crippen molar-refractivity contribution in [2.45, 2.75) is 33.2 Å². The van der Waals surface area contributed by atoms with Crippen LogP contribution in [0.3, 0.4) is 0 Å². The number of aliphatic carboxylic acids is 1. The van der Waals surface area contributed by atoms with Gasteiger partial charge >= 0.3 is 12.1 Å². The van der Waals surface area contributed by atoms with Crippen molar-refractivity contribution in [2.24, 2.45) is 5.41 Å². The lowest BCUT2D eigenvalue weighted by molar-refractivity contribution is -0.138. The molecule has 0 aliphatic rings. The van der Waals surface area contributed by atoms with E-state index in [1.165, 1.54) is 6.08 Å². The SMILES string of the molecule is C=CCOC(=O)N[C@H](CC(=O)O)C(C)(C)C. The van der Waals surface area contributed by atoms with Gasteiger partial charge in [-0.25, -0.2) is 4.79 Å². The lowest BCUT2D eigenvalue weighted by atomic mass is 9.85. The maximum atomic E-state index is 11.3. The van der Waals surface area contributed by atoms with Gasteiger partial charge in [-0.05, 0) is 5.41 Å². The molecule has 0 aromatic heterocycles. The van der Waals surface area contributed by atoms with Crippen molar-refractivity contribution in [2.75, 3.05) is 6.61 Å². The summed E-state index contributed by atoms with van der Waals surface area (Å²) >= 11 is 0. The molecule has 1 amide bonds. The van der Waals surface area contributed by atoms with Crippen LogP contribution in [0.2, 0.25) is 0 Å². The number of hydrogen-bond acceptors (Lipinski definition) is 3. The number of rotatable bonds is 5. The standard InChI is InChI=1S/C11H19NO4/c1-5-6-16-10(15)12-8(7-9(13)14)11(2,3)4/h5,8H,1,6-7H2,2-4H3,(H,12,15)(H,13,14)/t8-/m1/s1. The number of carboxylic acid groups (broad SMARTS) is 1. The van der Waals surface area contributed by atoms with E-state index in [9.17, 15) is 9.59 Å². The maximum Gasteiger partial charge on any atom is 0.407 e. The highest BCUT2D eigenvalue weighted by Gasteiger charge is 2.28. The molecule has 16 heavy (non-hydrogen) atoms. The molecule has 0 fully saturated rings. The van der Waals surface area contributed by atoms with Gasteiger partial charge in [0.05, 0.1) is 6.42 Å². The van der Waals surface area contributed by atoms with Gasteiger partial charge in [0, 0.05) is 6.04 Å². The summed E-state index contributed by atoms with van der Waals surface area (Å²) < 4.78 is 4.74. The molecule has 0 saturated carbocycles. The van der Waals surface area contributed by atoms with Crippen molar-refractivity contribution in [3.05, 3.63) is 12.7 Å². The summed E-state index contributed by atoms with van der Waals surface area (Å²) in [6.07, 6.45) is 0.691. The van der Waals surface area contributed by atoms with Gasteiger partial charge in [0.15, 0.2) is 0 Å². The monoisotopic (exact) mass is 229 g/mol. The van der Waals surface area contributed by atoms with Gasteiger partial charge in [0.25, 0.3) is 0 Å². The first kappa shape index (κ1) is 14.5. The summed E-state index contributed by atoms with van der Waals surface area (Å²) in [7, 11) is 0. The number of ether oxygens (including phenoxy) is 1. The molecule has 0 saturated heterocycles. The van der Waals surface area contributed by atoms with E-state index >= 15 is 0 Å². The van der Waals surface area contributed by atoms with Gasteiger partial charge in [-0.1, -0.05) is 33.4 Å². The van der Waals surface area contributed by atoms with Crippen LogP contribution < -0.4 is 5.32 Å². The molecule has 0 spiro atoms. The van der Waals surface area contributed by atoms with Crippen LogP contribution in [0.15, 0.2) is 12.7 Å². The van der Waals surface area contributed by atoms with E-state index in [2.05, 4.69) is 11.9 Å². The topological polar surface area (TPSA) is 75.6 Å². The first-order valence-corrected chi connectivity index (χ1v) is 5.03. The Hall–Kier alpha value is -1.52. The second-order valence-corrected chi connectivity index (χ2v) is 4.55. The van der Waals surface area contributed by atoms with Gasteiger partial charge in [-0.15, -0.1) is 0 Å². The van der Waals surface area contributed by atoms with E-state index in [0.29, 0.717) is 0 Å². The van der Waals surface area contributed by atoms with Crippen LogP contribution in [0.4, 0.5) is 4.79 Å². The minimum Gasteiger partial charge on any atom is -0.481 e. The van der Waals surface area contributed by atoms with E-state index in [1.54, 1.807) is 0 Å². The highest BCUT2D eigenvalue weighted by molar-refractivity contribution is 5.71. The van der Waals surface area contributed by atoms with Crippen LogP contribution in [0.1, 0.15) is 27.2 Å². The van der Waals surface area contributed by atoms with Gasteiger partial charge in [-0.3, -0.25) is 4.79 Å². The highest BCUT2D eigenvalue weighted by atomic mass is 16.5. The third-order valence-corrected chi connectivity index (χ3v) is 2.05. The van der Waals surface area contributed by atoms with Crippen molar-refractivity contribution >= 4 is 12.1 Å². The molecule has 5 heteroatoms. The zero-order valence-electron chi connectivity index (χ0n) is 9.95. The number of hydrogen-bond donors (Lipinski definition) is 2. The van der Waals surface area contributed by atoms with Gasteiger partial charge in [0.1, 0.15) is 6.61 Å².